The lowest BCUT2D eigenvalue weighted by atomic mass is 9.90. The van der Waals surface area contributed by atoms with Gasteiger partial charge < -0.3 is 18.9 Å². The van der Waals surface area contributed by atoms with Crippen molar-refractivity contribution in [1.29, 1.82) is 0 Å². The highest BCUT2D eigenvalue weighted by Crippen LogP contribution is 2.29. The summed E-state index contributed by atoms with van der Waals surface area (Å²) in [5, 5.41) is 0. The molecule has 1 aliphatic carbocycles. The van der Waals surface area contributed by atoms with Crippen molar-refractivity contribution in [3.05, 3.63) is 0 Å². The molecule has 266 valence electrons. The van der Waals surface area contributed by atoms with Crippen molar-refractivity contribution >= 4 is 33.9 Å². The van der Waals surface area contributed by atoms with Crippen LogP contribution in [0, 0.1) is 5.92 Å². The van der Waals surface area contributed by atoms with Crippen molar-refractivity contribution in [2.24, 2.45) is 5.92 Å². The van der Waals surface area contributed by atoms with Crippen LogP contribution in [0.3, 0.4) is 0 Å². The molecule has 0 aromatic heterocycles. The van der Waals surface area contributed by atoms with Gasteiger partial charge in [0.05, 0.1) is 11.8 Å². The highest BCUT2D eigenvalue weighted by molar-refractivity contribution is 7.89. The average Bonchev–Trinajstić information content (AvgIpc) is 3.00. The van der Waals surface area contributed by atoms with Gasteiger partial charge in [-0.3, -0.25) is 24.1 Å². The molecule has 0 spiro atoms. The van der Waals surface area contributed by atoms with Crippen LogP contribution in [0.2, 0.25) is 0 Å². The predicted molar refractivity (Wildman–Crippen MR) is 173 cm³/mol. The van der Waals surface area contributed by atoms with Crippen LogP contribution in [-0.2, 0) is 48.1 Å². The van der Waals surface area contributed by atoms with Gasteiger partial charge in [-0.15, -0.1) is 0 Å². The molecule has 1 saturated heterocycles. The van der Waals surface area contributed by atoms with Gasteiger partial charge in [-0.2, -0.15) is 0 Å². The summed E-state index contributed by atoms with van der Waals surface area (Å²) in [5.41, 5.74) is 0. The molecule has 0 amide bonds. The molecule has 1 saturated carbocycles. The maximum Gasteiger partial charge on any atom is 0.306 e. The second-order valence-corrected chi connectivity index (χ2v) is 14.6. The van der Waals surface area contributed by atoms with Gasteiger partial charge in [0.1, 0.15) is 6.61 Å². The summed E-state index contributed by atoms with van der Waals surface area (Å²) < 4.78 is 50.8. The number of hydrogen-bond donors (Lipinski definition) is 1. The quantitative estimate of drug-likeness (QED) is 0.104. The number of esters is 4. The average molecular weight is 675 g/mol. The van der Waals surface area contributed by atoms with E-state index in [1.807, 2.05) is 25.7 Å². The molecule has 2 rings (SSSR count). The third-order valence-corrected chi connectivity index (χ3v) is 9.95. The SMILES string of the molecule is CCCC(=O)O[C@H]1[C@H](OC(=O)CCC)[C@@H](COC(C)=O)N(CCCCCCS(=O)(=O)NCC2CCCCC2)C[C@@H]1OC(=O)CCC. The van der Waals surface area contributed by atoms with Crippen LogP contribution in [0.4, 0.5) is 0 Å². The molecule has 13 heteroatoms. The summed E-state index contributed by atoms with van der Waals surface area (Å²) in [6.45, 7) is 7.91. The van der Waals surface area contributed by atoms with Gasteiger partial charge >= 0.3 is 23.9 Å². The fraction of sp³-hybridized carbons (Fsp3) is 0.879. The molecule has 4 atom stereocenters. The van der Waals surface area contributed by atoms with Crippen molar-refractivity contribution in [2.45, 2.75) is 148 Å². The highest BCUT2D eigenvalue weighted by atomic mass is 32.2. The van der Waals surface area contributed by atoms with Gasteiger partial charge in [-0.05, 0) is 57.4 Å². The smallest absolute Gasteiger partial charge is 0.306 e. The maximum atomic E-state index is 12.8. The monoisotopic (exact) mass is 674 g/mol. The van der Waals surface area contributed by atoms with E-state index in [1.165, 1.54) is 26.2 Å². The topological polar surface area (TPSA) is 155 Å². The van der Waals surface area contributed by atoms with E-state index in [-0.39, 0.29) is 38.2 Å². The summed E-state index contributed by atoms with van der Waals surface area (Å²) in [6.07, 6.45) is 7.52. The number of sulfonamides is 1. The van der Waals surface area contributed by atoms with Crippen LogP contribution in [0.5, 0.6) is 0 Å². The molecule has 1 N–H and O–H groups in total. The highest BCUT2D eigenvalue weighted by Gasteiger charge is 2.50. The third kappa shape index (κ3) is 15.1. The van der Waals surface area contributed by atoms with E-state index in [9.17, 15) is 27.6 Å². The van der Waals surface area contributed by atoms with Gasteiger partial charge in [0, 0.05) is 39.3 Å². The second kappa shape index (κ2) is 21.6. The van der Waals surface area contributed by atoms with Crippen LogP contribution in [-0.4, -0.2) is 93.5 Å². The van der Waals surface area contributed by atoms with Crippen LogP contribution >= 0.6 is 0 Å². The normalized spacial score (nSPS) is 22.6. The molecule has 46 heavy (non-hydrogen) atoms. The number of carbonyl (C=O) groups is 4. The molecule has 0 unspecified atom stereocenters. The number of rotatable bonds is 21. The fourth-order valence-corrected chi connectivity index (χ4v) is 7.31. The van der Waals surface area contributed by atoms with Gasteiger partial charge in [0.15, 0.2) is 18.3 Å². The number of nitrogens with one attached hydrogen (secondary N) is 1. The largest absolute Gasteiger partial charge is 0.464 e. The molecule has 0 radical (unpaired) electrons. The molecule has 0 bridgehead atoms. The zero-order chi connectivity index (χ0) is 34.0. The first-order valence-corrected chi connectivity index (χ1v) is 19.1. The summed E-state index contributed by atoms with van der Waals surface area (Å²) in [5.74, 6) is -1.43. The summed E-state index contributed by atoms with van der Waals surface area (Å²) in [7, 11) is -3.33. The van der Waals surface area contributed by atoms with Crippen LogP contribution in [0.15, 0.2) is 0 Å². The lowest BCUT2D eigenvalue weighted by Gasteiger charge is -2.47. The molecular formula is C33H58N2O10S. The number of piperidine rings is 1. The minimum atomic E-state index is -3.33. The first-order valence-electron chi connectivity index (χ1n) is 17.4. The Morgan fingerprint density at radius 1 is 0.761 bits per heavy atom. The number of likely N-dealkylation sites (tertiary alicyclic amines) is 1. The zero-order valence-corrected chi connectivity index (χ0v) is 29.3. The Labute approximate surface area is 276 Å². The predicted octanol–water partition coefficient (Wildman–Crippen LogP) is 4.43. The Bertz CT molecular complexity index is 1050. The van der Waals surface area contributed by atoms with E-state index in [2.05, 4.69) is 4.72 Å². The van der Waals surface area contributed by atoms with E-state index in [1.54, 1.807) is 0 Å². The zero-order valence-electron chi connectivity index (χ0n) is 28.5. The van der Waals surface area contributed by atoms with E-state index in [0.717, 1.165) is 19.3 Å². The Morgan fingerprint density at radius 3 is 1.91 bits per heavy atom. The molecule has 2 fully saturated rings. The first kappa shape index (κ1) is 39.9. The van der Waals surface area contributed by atoms with Gasteiger partial charge in [-0.1, -0.05) is 52.9 Å². The first-order chi connectivity index (χ1) is 22.0. The number of unbranched alkanes of at least 4 members (excludes halogenated alkanes) is 3. The van der Waals surface area contributed by atoms with Crippen LogP contribution in [0.1, 0.15) is 124 Å². The number of hydrogen-bond acceptors (Lipinski definition) is 11. The lowest BCUT2D eigenvalue weighted by Crippen LogP contribution is -2.65. The van der Waals surface area contributed by atoms with Crippen molar-refractivity contribution in [1.82, 2.24) is 9.62 Å². The van der Waals surface area contributed by atoms with Crippen LogP contribution < -0.4 is 4.72 Å². The Balaban J connectivity index is 2.12. The van der Waals surface area contributed by atoms with E-state index in [4.69, 9.17) is 18.9 Å². The minimum absolute atomic E-state index is 0.0776. The van der Waals surface area contributed by atoms with E-state index < -0.39 is 58.3 Å². The van der Waals surface area contributed by atoms with E-state index in [0.29, 0.717) is 57.5 Å². The van der Waals surface area contributed by atoms with Crippen molar-refractivity contribution in [3.63, 3.8) is 0 Å². The molecule has 1 aliphatic heterocycles. The summed E-state index contributed by atoms with van der Waals surface area (Å²) in [6, 6.07) is -0.644. The van der Waals surface area contributed by atoms with Crippen LogP contribution in [0.25, 0.3) is 0 Å². The minimum Gasteiger partial charge on any atom is -0.464 e. The van der Waals surface area contributed by atoms with Gasteiger partial charge in [0.25, 0.3) is 0 Å². The van der Waals surface area contributed by atoms with Gasteiger partial charge in [0.2, 0.25) is 10.0 Å². The van der Waals surface area contributed by atoms with Gasteiger partial charge in [-0.25, -0.2) is 13.1 Å². The molecular weight excluding hydrogens is 616 g/mol. The number of ether oxygens (including phenoxy) is 4. The standard InChI is InChI=1S/C33H58N2O10S/c1-5-15-29(37)43-28-23-35(20-13-8-9-14-21-46(40,41)34-22-26-18-11-10-12-19-26)27(24-42-25(4)36)32(44-30(38)16-6-2)33(28)45-31(39)17-7-3/h26-28,32-34H,5-24H2,1-4H3/t27-,28+,32-,33-/m1/s1. The number of nitrogens with zero attached hydrogens (tertiary/aromatic N) is 1. The van der Waals surface area contributed by atoms with Crippen molar-refractivity contribution < 1.29 is 46.5 Å². The molecule has 12 nitrogen and oxygen atoms in total. The molecule has 0 aromatic carbocycles. The lowest BCUT2D eigenvalue weighted by molar-refractivity contribution is -0.210. The Morgan fingerprint density at radius 2 is 1.33 bits per heavy atom. The second-order valence-electron chi connectivity index (χ2n) is 12.6. The Kier molecular flexibility index (Phi) is 18.7. The third-order valence-electron chi connectivity index (χ3n) is 8.52. The van der Waals surface area contributed by atoms with E-state index >= 15 is 0 Å². The Hall–Kier alpha value is -2.25. The fourth-order valence-electron chi connectivity index (χ4n) is 6.09. The number of carbonyl (C=O) groups excluding carboxylic acids is 4. The maximum absolute atomic E-state index is 12.8. The molecule has 1 heterocycles. The summed E-state index contributed by atoms with van der Waals surface area (Å²) >= 11 is 0. The van der Waals surface area contributed by atoms with Crippen molar-refractivity contribution in [3.8, 4) is 0 Å². The molecule has 2 aliphatic rings. The molecule has 0 aromatic rings. The summed E-state index contributed by atoms with van der Waals surface area (Å²) in [4.78, 5) is 51.9. The van der Waals surface area contributed by atoms with Crippen molar-refractivity contribution in [2.75, 3.05) is 32.0 Å².